The summed E-state index contributed by atoms with van der Waals surface area (Å²) in [6, 6.07) is 7.82. The maximum atomic E-state index is 5.21. The highest BCUT2D eigenvalue weighted by Crippen LogP contribution is 2.15. The number of nitrogens with one attached hydrogen (secondary N) is 1. The lowest BCUT2D eigenvalue weighted by atomic mass is 10.4. The van der Waals surface area contributed by atoms with Gasteiger partial charge in [0.15, 0.2) is 0 Å². The van der Waals surface area contributed by atoms with E-state index in [0.717, 1.165) is 11.6 Å². The maximum absolute atomic E-state index is 5.21. The quantitative estimate of drug-likeness (QED) is 0.804. The number of hydrogen-bond donors (Lipinski definition) is 1. The smallest absolute Gasteiger partial charge is 0.126 e. The van der Waals surface area contributed by atoms with E-state index < -0.39 is 0 Å². The zero-order chi connectivity index (χ0) is 10.5. The van der Waals surface area contributed by atoms with Gasteiger partial charge in [-0.3, -0.25) is 0 Å². The van der Waals surface area contributed by atoms with E-state index in [9.17, 15) is 0 Å². The van der Waals surface area contributed by atoms with Gasteiger partial charge in [-0.05, 0) is 30.5 Å². The minimum atomic E-state index is 0.665. The van der Waals surface area contributed by atoms with Gasteiger partial charge in [0.05, 0.1) is 12.8 Å². The van der Waals surface area contributed by atoms with Crippen LogP contribution in [0.4, 0.5) is 5.82 Å². The molecule has 15 heavy (non-hydrogen) atoms. The lowest BCUT2D eigenvalue weighted by Gasteiger charge is -2.03. The van der Waals surface area contributed by atoms with E-state index in [1.807, 2.05) is 36.7 Å². The van der Waals surface area contributed by atoms with Gasteiger partial charge in [-0.25, -0.2) is 4.98 Å². The van der Waals surface area contributed by atoms with Crippen LogP contribution < -0.4 is 5.32 Å². The molecule has 0 atom stereocenters. The number of rotatable bonds is 4. The Balaban J connectivity index is 1.93. The summed E-state index contributed by atoms with van der Waals surface area (Å²) < 4.78 is 5.21. The average molecular weight is 220 g/mol. The molecular formula is C11H12N2OS. The molecule has 0 radical (unpaired) electrons. The first-order chi connectivity index (χ1) is 7.38. The number of hydrogen-bond acceptors (Lipinski definition) is 4. The molecule has 0 bridgehead atoms. The first kappa shape index (κ1) is 10.1. The molecule has 4 heteroatoms. The lowest BCUT2D eigenvalue weighted by Crippen LogP contribution is -1.99. The monoisotopic (exact) mass is 220 g/mol. The van der Waals surface area contributed by atoms with Crippen molar-refractivity contribution >= 4 is 17.6 Å². The molecule has 0 aliphatic rings. The fraction of sp³-hybridized carbons (Fsp3) is 0.182. The number of nitrogens with zero attached hydrogens (tertiary/aromatic N) is 1. The van der Waals surface area contributed by atoms with Crippen LogP contribution in [0.1, 0.15) is 5.76 Å². The van der Waals surface area contributed by atoms with E-state index >= 15 is 0 Å². The third-order valence-electron chi connectivity index (χ3n) is 2.00. The van der Waals surface area contributed by atoms with E-state index in [0.29, 0.717) is 6.54 Å². The molecule has 78 valence electrons. The summed E-state index contributed by atoms with van der Waals surface area (Å²) in [4.78, 5) is 5.44. The van der Waals surface area contributed by atoms with Gasteiger partial charge in [0.2, 0.25) is 0 Å². The van der Waals surface area contributed by atoms with Gasteiger partial charge < -0.3 is 9.73 Å². The normalized spacial score (nSPS) is 10.2. The third-order valence-corrected chi connectivity index (χ3v) is 2.71. The first-order valence-corrected chi connectivity index (χ1v) is 5.87. The number of anilines is 1. The van der Waals surface area contributed by atoms with E-state index in [4.69, 9.17) is 4.42 Å². The second kappa shape index (κ2) is 4.89. The van der Waals surface area contributed by atoms with Crippen LogP contribution in [0.25, 0.3) is 0 Å². The highest BCUT2D eigenvalue weighted by molar-refractivity contribution is 7.98. The second-order valence-electron chi connectivity index (χ2n) is 3.02. The van der Waals surface area contributed by atoms with Crippen molar-refractivity contribution in [3.05, 3.63) is 42.5 Å². The maximum Gasteiger partial charge on any atom is 0.126 e. The Bertz CT molecular complexity index is 397. The fourth-order valence-corrected chi connectivity index (χ4v) is 1.56. The van der Waals surface area contributed by atoms with Gasteiger partial charge in [-0.1, -0.05) is 0 Å². The molecule has 3 nitrogen and oxygen atoms in total. The minimum Gasteiger partial charge on any atom is -0.467 e. The SMILES string of the molecule is CSc1ccc(NCc2ccco2)nc1. The first-order valence-electron chi connectivity index (χ1n) is 4.65. The lowest BCUT2D eigenvalue weighted by molar-refractivity contribution is 0.518. The molecule has 0 unspecified atom stereocenters. The van der Waals surface area contributed by atoms with Crippen LogP contribution >= 0.6 is 11.8 Å². The zero-order valence-electron chi connectivity index (χ0n) is 8.43. The Hall–Kier alpha value is -1.42. The Morgan fingerprint density at radius 3 is 2.93 bits per heavy atom. The average Bonchev–Trinajstić information content (AvgIpc) is 2.80. The summed E-state index contributed by atoms with van der Waals surface area (Å²) in [6.07, 6.45) is 5.56. The van der Waals surface area contributed by atoms with Gasteiger partial charge in [-0.15, -0.1) is 11.8 Å². The molecule has 2 rings (SSSR count). The molecule has 2 heterocycles. The minimum absolute atomic E-state index is 0.665. The topological polar surface area (TPSA) is 38.1 Å². The van der Waals surface area contributed by atoms with Crippen LogP contribution in [-0.4, -0.2) is 11.2 Å². The second-order valence-corrected chi connectivity index (χ2v) is 3.90. The zero-order valence-corrected chi connectivity index (χ0v) is 9.25. The van der Waals surface area contributed by atoms with Gasteiger partial charge in [-0.2, -0.15) is 0 Å². The highest BCUT2D eigenvalue weighted by atomic mass is 32.2. The summed E-state index contributed by atoms with van der Waals surface area (Å²) in [5, 5.41) is 3.18. The molecule has 2 aromatic rings. The van der Waals surface area contributed by atoms with E-state index in [-0.39, 0.29) is 0 Å². The van der Waals surface area contributed by atoms with Crippen molar-refractivity contribution in [2.24, 2.45) is 0 Å². The molecule has 0 aliphatic carbocycles. The fourth-order valence-electron chi connectivity index (χ4n) is 1.20. The third kappa shape index (κ3) is 2.76. The van der Waals surface area contributed by atoms with Crippen molar-refractivity contribution in [3.63, 3.8) is 0 Å². The summed E-state index contributed by atoms with van der Waals surface area (Å²) >= 11 is 1.68. The Labute approximate surface area is 92.9 Å². The van der Waals surface area contributed by atoms with E-state index in [1.54, 1.807) is 18.0 Å². The number of furan rings is 1. The van der Waals surface area contributed by atoms with Crippen molar-refractivity contribution in [1.29, 1.82) is 0 Å². The summed E-state index contributed by atoms with van der Waals surface area (Å²) in [6.45, 7) is 0.665. The van der Waals surface area contributed by atoms with Crippen molar-refractivity contribution in [1.82, 2.24) is 4.98 Å². The largest absolute Gasteiger partial charge is 0.467 e. The number of thioether (sulfide) groups is 1. The molecule has 0 aromatic carbocycles. The number of aromatic nitrogens is 1. The van der Waals surface area contributed by atoms with Gasteiger partial charge in [0.25, 0.3) is 0 Å². The van der Waals surface area contributed by atoms with E-state index in [2.05, 4.69) is 10.3 Å². The molecule has 0 spiro atoms. The molecular weight excluding hydrogens is 208 g/mol. The Morgan fingerprint density at radius 2 is 2.33 bits per heavy atom. The van der Waals surface area contributed by atoms with Crippen molar-refractivity contribution in [2.45, 2.75) is 11.4 Å². The van der Waals surface area contributed by atoms with E-state index in [1.165, 1.54) is 4.90 Å². The van der Waals surface area contributed by atoms with Crippen LogP contribution in [0.15, 0.2) is 46.0 Å². The van der Waals surface area contributed by atoms with Gasteiger partial charge in [0.1, 0.15) is 11.6 Å². The summed E-state index contributed by atoms with van der Waals surface area (Å²) in [5.41, 5.74) is 0. The van der Waals surface area contributed by atoms with Crippen LogP contribution in [-0.2, 0) is 6.54 Å². The van der Waals surface area contributed by atoms with Crippen molar-refractivity contribution in [3.8, 4) is 0 Å². The Morgan fingerprint density at radius 1 is 1.40 bits per heavy atom. The molecule has 0 fully saturated rings. The van der Waals surface area contributed by atoms with Gasteiger partial charge in [0, 0.05) is 11.1 Å². The highest BCUT2D eigenvalue weighted by Gasteiger charge is 1.97. The van der Waals surface area contributed by atoms with Crippen LogP contribution in [0.3, 0.4) is 0 Å². The molecule has 0 saturated carbocycles. The molecule has 0 saturated heterocycles. The van der Waals surface area contributed by atoms with Crippen LogP contribution in [0.2, 0.25) is 0 Å². The molecule has 1 N–H and O–H groups in total. The standard InChI is InChI=1S/C11H12N2OS/c1-15-10-4-5-11(13-8-10)12-7-9-3-2-6-14-9/h2-6,8H,7H2,1H3,(H,12,13). The predicted octanol–water partition coefficient (Wildman–Crippen LogP) is 3.01. The van der Waals surface area contributed by atoms with Crippen LogP contribution in [0, 0.1) is 0 Å². The molecule has 0 aliphatic heterocycles. The number of pyridine rings is 1. The van der Waals surface area contributed by atoms with Crippen LogP contribution in [0.5, 0.6) is 0 Å². The van der Waals surface area contributed by atoms with Crippen molar-refractivity contribution < 1.29 is 4.42 Å². The molecule has 2 aromatic heterocycles. The van der Waals surface area contributed by atoms with Crippen molar-refractivity contribution in [2.75, 3.05) is 11.6 Å². The Kier molecular flexibility index (Phi) is 3.29. The summed E-state index contributed by atoms with van der Waals surface area (Å²) in [5.74, 6) is 1.77. The predicted molar refractivity (Wildman–Crippen MR) is 62.1 cm³/mol. The molecule has 0 amide bonds. The summed E-state index contributed by atoms with van der Waals surface area (Å²) in [7, 11) is 0. The van der Waals surface area contributed by atoms with Gasteiger partial charge >= 0.3 is 0 Å².